The number of aromatic nitrogens is 3. The van der Waals surface area contributed by atoms with Crippen molar-refractivity contribution in [2.24, 2.45) is 17.3 Å². The molecule has 1 amide bonds. The smallest absolute Gasteiger partial charge is 0.225 e. The van der Waals surface area contributed by atoms with Gasteiger partial charge in [-0.05, 0) is 62.6 Å². The lowest BCUT2D eigenvalue weighted by Crippen LogP contribution is -2.42. The Kier molecular flexibility index (Phi) is 8.98. The van der Waals surface area contributed by atoms with Gasteiger partial charge in [-0.25, -0.2) is 9.50 Å². The summed E-state index contributed by atoms with van der Waals surface area (Å²) in [6.07, 6.45) is 7.34. The summed E-state index contributed by atoms with van der Waals surface area (Å²) in [7, 11) is 3.62. The standard InChI is InChI=1S/C32H45N5O3/c1-9-27(38)22-10-12-24(13-11-22)31(39)36(7)29(32(4,5)6)23-14-16-25(17-15-23)35-26-18-33-37-19-20(2)34-30(37)28(26)21(3)40-8/h14-19,21-22,24,29,35H,9-13H2,1-8H3/t21-,22?,24?,29-/m0/s1. The van der Waals surface area contributed by atoms with Gasteiger partial charge in [-0.2, -0.15) is 5.10 Å². The number of nitrogens with zero attached hydrogens (tertiary/aromatic N) is 4. The predicted molar refractivity (Wildman–Crippen MR) is 159 cm³/mol. The van der Waals surface area contributed by atoms with Crippen LogP contribution < -0.4 is 5.32 Å². The molecule has 1 N–H and O–H groups in total. The van der Waals surface area contributed by atoms with Gasteiger partial charge in [-0.15, -0.1) is 0 Å². The zero-order chi connectivity index (χ0) is 29.2. The number of ketones is 1. The second-order valence-electron chi connectivity index (χ2n) is 12.3. The minimum absolute atomic E-state index is 0.0217. The third-order valence-electron chi connectivity index (χ3n) is 8.35. The zero-order valence-corrected chi connectivity index (χ0v) is 25.3. The lowest BCUT2D eigenvalue weighted by atomic mass is 9.77. The summed E-state index contributed by atoms with van der Waals surface area (Å²) < 4.78 is 7.45. The van der Waals surface area contributed by atoms with E-state index in [2.05, 4.69) is 60.4 Å². The molecule has 216 valence electrons. The number of rotatable bonds is 9. The third-order valence-corrected chi connectivity index (χ3v) is 8.35. The Morgan fingerprint density at radius 2 is 1.75 bits per heavy atom. The van der Waals surface area contributed by atoms with E-state index in [1.165, 1.54) is 0 Å². The first-order chi connectivity index (χ1) is 18.9. The Balaban J connectivity index is 1.54. The van der Waals surface area contributed by atoms with Crippen molar-refractivity contribution in [2.75, 3.05) is 19.5 Å². The molecule has 8 nitrogen and oxygen atoms in total. The summed E-state index contributed by atoms with van der Waals surface area (Å²) in [4.78, 5) is 32.4. The number of hydrogen-bond donors (Lipinski definition) is 1. The Morgan fingerprint density at radius 3 is 2.33 bits per heavy atom. The van der Waals surface area contributed by atoms with Crippen molar-refractivity contribution in [2.45, 2.75) is 85.8 Å². The van der Waals surface area contributed by atoms with Crippen LogP contribution in [0.4, 0.5) is 11.4 Å². The van der Waals surface area contributed by atoms with E-state index >= 15 is 0 Å². The summed E-state index contributed by atoms with van der Waals surface area (Å²) in [5, 5.41) is 8.04. The number of amides is 1. The summed E-state index contributed by atoms with van der Waals surface area (Å²) in [5.41, 5.74) is 5.31. The van der Waals surface area contributed by atoms with Gasteiger partial charge in [-0.1, -0.05) is 39.8 Å². The molecule has 2 atom stereocenters. The van der Waals surface area contributed by atoms with E-state index in [0.717, 1.165) is 59.5 Å². The fourth-order valence-corrected chi connectivity index (χ4v) is 6.26. The maximum Gasteiger partial charge on any atom is 0.225 e. The third kappa shape index (κ3) is 6.22. The number of imidazole rings is 1. The van der Waals surface area contributed by atoms with Crippen LogP contribution in [0.3, 0.4) is 0 Å². The molecule has 8 heteroatoms. The maximum absolute atomic E-state index is 13.7. The normalized spacial score (nSPS) is 19.3. The number of carbonyl (C=O) groups excluding carboxylic acids is 2. The molecule has 1 aromatic carbocycles. The molecule has 2 aromatic heterocycles. The second-order valence-corrected chi connectivity index (χ2v) is 12.3. The minimum Gasteiger partial charge on any atom is -0.377 e. The molecule has 0 saturated heterocycles. The van der Waals surface area contributed by atoms with Gasteiger partial charge in [0.05, 0.1) is 41.5 Å². The van der Waals surface area contributed by atoms with Crippen LogP contribution in [0, 0.1) is 24.2 Å². The highest BCUT2D eigenvalue weighted by atomic mass is 16.5. The minimum atomic E-state index is -0.172. The van der Waals surface area contributed by atoms with Crippen molar-refractivity contribution < 1.29 is 14.3 Å². The first-order valence-electron chi connectivity index (χ1n) is 14.5. The van der Waals surface area contributed by atoms with Gasteiger partial charge in [0.2, 0.25) is 5.91 Å². The average molecular weight is 548 g/mol. The number of anilines is 2. The van der Waals surface area contributed by atoms with Crippen LogP contribution in [0.25, 0.3) is 5.65 Å². The summed E-state index contributed by atoms with van der Waals surface area (Å²) in [6.45, 7) is 12.4. The van der Waals surface area contributed by atoms with Crippen LogP contribution in [-0.4, -0.2) is 45.3 Å². The van der Waals surface area contributed by atoms with Crippen LogP contribution in [0.2, 0.25) is 0 Å². The highest BCUT2D eigenvalue weighted by Crippen LogP contribution is 2.40. The molecule has 1 saturated carbocycles. The fourth-order valence-electron chi connectivity index (χ4n) is 6.26. The van der Waals surface area contributed by atoms with Crippen molar-refractivity contribution >= 4 is 28.7 Å². The number of nitrogens with one attached hydrogen (secondary N) is 1. The molecule has 0 radical (unpaired) electrons. The SMILES string of the molecule is CCC(=O)C1CCC(C(=O)N(C)[C@@H](c2ccc(Nc3cnn4cc(C)nc4c3[C@H](C)OC)cc2)C(C)(C)C)CC1. The Labute approximate surface area is 238 Å². The zero-order valence-electron chi connectivity index (χ0n) is 25.3. The molecule has 2 heterocycles. The molecule has 0 unspecified atom stereocenters. The first kappa shape index (κ1) is 29.7. The molecule has 1 fully saturated rings. The molecule has 0 aliphatic heterocycles. The molecule has 40 heavy (non-hydrogen) atoms. The van der Waals surface area contributed by atoms with E-state index in [-0.39, 0.29) is 35.3 Å². The molecule has 3 aromatic rings. The average Bonchev–Trinajstić information content (AvgIpc) is 3.32. The lowest BCUT2D eigenvalue weighted by molar-refractivity contribution is -0.141. The van der Waals surface area contributed by atoms with E-state index in [9.17, 15) is 9.59 Å². The van der Waals surface area contributed by atoms with E-state index in [0.29, 0.717) is 12.2 Å². The van der Waals surface area contributed by atoms with Gasteiger partial charge in [0.25, 0.3) is 0 Å². The number of fused-ring (bicyclic) bond motifs is 1. The van der Waals surface area contributed by atoms with Gasteiger partial charge in [-0.3, -0.25) is 9.59 Å². The van der Waals surface area contributed by atoms with Crippen LogP contribution in [0.5, 0.6) is 0 Å². The lowest BCUT2D eigenvalue weighted by Gasteiger charge is -2.41. The molecule has 1 aliphatic rings. The number of hydrogen-bond acceptors (Lipinski definition) is 6. The highest BCUT2D eigenvalue weighted by molar-refractivity contribution is 5.82. The van der Waals surface area contributed by atoms with E-state index in [1.807, 2.05) is 38.9 Å². The van der Waals surface area contributed by atoms with Gasteiger partial charge in [0.15, 0.2) is 5.65 Å². The van der Waals surface area contributed by atoms with E-state index in [4.69, 9.17) is 4.74 Å². The maximum atomic E-state index is 13.7. The molecular weight excluding hydrogens is 502 g/mol. The van der Waals surface area contributed by atoms with E-state index in [1.54, 1.807) is 17.8 Å². The topological polar surface area (TPSA) is 88.8 Å². The van der Waals surface area contributed by atoms with Gasteiger partial charge < -0.3 is 15.0 Å². The molecule has 1 aliphatic carbocycles. The monoisotopic (exact) mass is 547 g/mol. The quantitative estimate of drug-likeness (QED) is 0.316. The molecule has 0 bridgehead atoms. The van der Waals surface area contributed by atoms with Crippen molar-refractivity contribution in [1.82, 2.24) is 19.5 Å². The predicted octanol–water partition coefficient (Wildman–Crippen LogP) is 6.82. The second kappa shape index (κ2) is 12.1. The van der Waals surface area contributed by atoms with Gasteiger partial charge in [0, 0.05) is 38.1 Å². The van der Waals surface area contributed by atoms with Crippen molar-refractivity contribution in [3.63, 3.8) is 0 Å². The Morgan fingerprint density at radius 1 is 1.12 bits per heavy atom. The number of benzene rings is 1. The van der Waals surface area contributed by atoms with Crippen LogP contribution in [0.15, 0.2) is 36.7 Å². The number of ether oxygens (including phenoxy) is 1. The number of carbonyl (C=O) groups is 2. The van der Waals surface area contributed by atoms with Crippen LogP contribution in [-0.2, 0) is 14.3 Å². The van der Waals surface area contributed by atoms with Crippen molar-refractivity contribution in [1.29, 1.82) is 0 Å². The van der Waals surface area contributed by atoms with E-state index < -0.39 is 0 Å². The molecule has 0 spiro atoms. The first-order valence-corrected chi connectivity index (χ1v) is 14.5. The molecular formula is C32H45N5O3. The number of aryl methyl sites for hydroxylation is 1. The summed E-state index contributed by atoms with van der Waals surface area (Å²) in [5.74, 6) is 0.613. The highest BCUT2D eigenvalue weighted by Gasteiger charge is 2.37. The van der Waals surface area contributed by atoms with Crippen LogP contribution in [0.1, 0.15) is 95.7 Å². The van der Waals surface area contributed by atoms with Crippen molar-refractivity contribution in [3.05, 3.63) is 53.5 Å². The van der Waals surface area contributed by atoms with Gasteiger partial charge >= 0.3 is 0 Å². The summed E-state index contributed by atoms with van der Waals surface area (Å²) in [6, 6.07) is 8.22. The van der Waals surface area contributed by atoms with Crippen LogP contribution >= 0.6 is 0 Å². The number of methoxy groups -OCH3 is 1. The Bertz CT molecular complexity index is 1330. The number of Topliss-reactive ketones (excluding diaryl/α,β-unsaturated/α-hetero) is 1. The Hall–Kier alpha value is -3.26. The molecule has 4 rings (SSSR count). The van der Waals surface area contributed by atoms with Gasteiger partial charge in [0.1, 0.15) is 5.78 Å². The fraction of sp³-hybridized carbons (Fsp3) is 0.562. The summed E-state index contributed by atoms with van der Waals surface area (Å²) >= 11 is 0. The largest absolute Gasteiger partial charge is 0.377 e. The van der Waals surface area contributed by atoms with Crippen molar-refractivity contribution in [3.8, 4) is 0 Å².